The highest BCUT2D eigenvalue weighted by Crippen LogP contribution is 2.25. The van der Waals surface area contributed by atoms with E-state index in [9.17, 15) is 8.42 Å². The van der Waals surface area contributed by atoms with Crippen molar-refractivity contribution in [2.45, 2.75) is 24.5 Å². The van der Waals surface area contributed by atoms with E-state index in [1.54, 1.807) is 31.2 Å². The topological polar surface area (TPSA) is 60.2 Å². The number of hydrogen-bond donors (Lipinski definition) is 1. The summed E-state index contributed by atoms with van der Waals surface area (Å²) in [5.41, 5.74) is 8.40. The molecule has 0 aromatic heterocycles. The number of nitrogens with two attached hydrogens (primary N) is 1. The van der Waals surface area contributed by atoms with E-state index in [4.69, 9.17) is 17.3 Å². The maximum absolute atomic E-state index is 12.5. The fraction of sp³-hybridized carbons (Fsp3) is 0.200. The predicted octanol–water partition coefficient (Wildman–Crippen LogP) is 3.51. The van der Waals surface area contributed by atoms with Crippen LogP contribution < -0.4 is 5.73 Å². The summed E-state index contributed by atoms with van der Waals surface area (Å²) in [7, 11) is -3.39. The highest BCUT2D eigenvalue weighted by Gasteiger charge is 2.18. The van der Waals surface area contributed by atoms with Gasteiger partial charge in [0.15, 0.2) is 9.84 Å². The van der Waals surface area contributed by atoms with E-state index in [1.165, 1.54) is 0 Å². The van der Waals surface area contributed by atoms with Crippen LogP contribution in [0.5, 0.6) is 0 Å². The Morgan fingerprint density at radius 2 is 1.80 bits per heavy atom. The molecule has 2 aromatic carbocycles. The molecule has 0 saturated heterocycles. The molecule has 0 saturated carbocycles. The van der Waals surface area contributed by atoms with Crippen molar-refractivity contribution < 1.29 is 8.42 Å². The second-order valence-corrected chi connectivity index (χ2v) is 7.25. The number of rotatable bonds is 3. The maximum Gasteiger partial charge on any atom is 0.182 e. The summed E-state index contributed by atoms with van der Waals surface area (Å²) in [5.74, 6) is -0.0847. The summed E-state index contributed by atoms with van der Waals surface area (Å²) >= 11 is 5.84. The quantitative estimate of drug-likeness (QED) is 0.883. The average Bonchev–Trinajstić information content (AvgIpc) is 2.36. The maximum atomic E-state index is 12.5. The van der Waals surface area contributed by atoms with Gasteiger partial charge in [-0.2, -0.15) is 0 Å². The van der Waals surface area contributed by atoms with E-state index in [-0.39, 0.29) is 5.75 Å². The molecular weight excluding hydrogens is 294 g/mol. The summed E-state index contributed by atoms with van der Waals surface area (Å²) in [6.07, 6.45) is 0. The molecule has 5 heteroatoms. The van der Waals surface area contributed by atoms with Crippen LogP contribution in [0.2, 0.25) is 5.02 Å². The van der Waals surface area contributed by atoms with Crippen molar-refractivity contribution in [3.63, 3.8) is 0 Å². The first-order valence-electron chi connectivity index (χ1n) is 6.13. The van der Waals surface area contributed by atoms with Gasteiger partial charge in [0, 0.05) is 0 Å². The Kier molecular flexibility index (Phi) is 4.06. The summed E-state index contributed by atoms with van der Waals surface area (Å²) < 4.78 is 25.0. The summed E-state index contributed by atoms with van der Waals surface area (Å²) in [4.78, 5) is 0.367. The van der Waals surface area contributed by atoms with E-state index >= 15 is 0 Å². The second kappa shape index (κ2) is 5.46. The van der Waals surface area contributed by atoms with E-state index in [0.717, 1.165) is 11.1 Å². The monoisotopic (exact) mass is 309 g/mol. The molecule has 2 rings (SSSR count). The first-order valence-corrected chi connectivity index (χ1v) is 8.16. The smallest absolute Gasteiger partial charge is 0.182 e. The SMILES string of the molecule is Cc1ccc(C)c(S(=O)(=O)Cc2ccc(Cl)c(N)c2)c1. The van der Waals surface area contributed by atoms with Crippen LogP contribution in [0.15, 0.2) is 41.3 Å². The van der Waals surface area contributed by atoms with E-state index in [0.29, 0.717) is 21.2 Å². The third-order valence-electron chi connectivity index (χ3n) is 3.10. The molecule has 0 radical (unpaired) electrons. The predicted molar refractivity (Wildman–Crippen MR) is 82.7 cm³/mol. The molecule has 20 heavy (non-hydrogen) atoms. The zero-order valence-corrected chi connectivity index (χ0v) is 12.9. The minimum absolute atomic E-state index is 0.0847. The van der Waals surface area contributed by atoms with Gasteiger partial charge in [0.2, 0.25) is 0 Å². The third-order valence-corrected chi connectivity index (χ3v) is 5.26. The third kappa shape index (κ3) is 3.14. The van der Waals surface area contributed by atoms with Gasteiger partial charge in [-0.15, -0.1) is 0 Å². The zero-order chi connectivity index (χ0) is 14.9. The second-order valence-electron chi connectivity index (χ2n) is 4.88. The lowest BCUT2D eigenvalue weighted by atomic mass is 10.2. The number of hydrogen-bond acceptors (Lipinski definition) is 3. The normalized spacial score (nSPS) is 11.6. The van der Waals surface area contributed by atoms with Crippen LogP contribution in [0.1, 0.15) is 16.7 Å². The summed E-state index contributed by atoms with van der Waals surface area (Å²) in [5, 5.41) is 0.429. The first kappa shape index (κ1) is 14.9. The van der Waals surface area contributed by atoms with Crippen molar-refractivity contribution in [2.24, 2.45) is 0 Å². The van der Waals surface area contributed by atoms with Gasteiger partial charge >= 0.3 is 0 Å². The van der Waals surface area contributed by atoms with Crippen molar-refractivity contribution in [1.82, 2.24) is 0 Å². The van der Waals surface area contributed by atoms with Gasteiger partial charge < -0.3 is 5.73 Å². The van der Waals surface area contributed by atoms with Crippen molar-refractivity contribution in [1.29, 1.82) is 0 Å². The van der Waals surface area contributed by atoms with Crippen LogP contribution in [-0.4, -0.2) is 8.42 Å². The Bertz CT molecular complexity index is 754. The molecule has 0 bridgehead atoms. The molecule has 0 unspecified atom stereocenters. The number of halogens is 1. The lowest BCUT2D eigenvalue weighted by Crippen LogP contribution is -2.07. The van der Waals surface area contributed by atoms with Crippen LogP contribution in [0.3, 0.4) is 0 Å². The number of sulfone groups is 1. The number of aryl methyl sites for hydroxylation is 2. The Balaban J connectivity index is 2.40. The molecule has 0 spiro atoms. The van der Waals surface area contributed by atoms with E-state index in [1.807, 2.05) is 19.1 Å². The van der Waals surface area contributed by atoms with Crippen LogP contribution in [-0.2, 0) is 15.6 Å². The zero-order valence-electron chi connectivity index (χ0n) is 11.4. The van der Waals surface area contributed by atoms with E-state index in [2.05, 4.69) is 0 Å². The Labute approximate surface area is 124 Å². The van der Waals surface area contributed by atoms with Crippen molar-refractivity contribution in [2.75, 3.05) is 5.73 Å². The lowest BCUT2D eigenvalue weighted by Gasteiger charge is -2.09. The van der Waals surface area contributed by atoms with Gasteiger partial charge in [-0.05, 0) is 48.7 Å². The highest BCUT2D eigenvalue weighted by atomic mass is 35.5. The molecule has 0 aliphatic rings. The lowest BCUT2D eigenvalue weighted by molar-refractivity contribution is 0.594. The average molecular weight is 310 g/mol. The van der Waals surface area contributed by atoms with Crippen molar-refractivity contribution in [3.05, 3.63) is 58.1 Å². The molecule has 106 valence electrons. The van der Waals surface area contributed by atoms with Crippen LogP contribution in [0, 0.1) is 13.8 Å². The summed E-state index contributed by atoms with van der Waals surface area (Å²) in [6.45, 7) is 3.67. The highest BCUT2D eigenvalue weighted by molar-refractivity contribution is 7.90. The Hall–Kier alpha value is -1.52. The van der Waals surface area contributed by atoms with Crippen LogP contribution in [0.4, 0.5) is 5.69 Å². The fourth-order valence-electron chi connectivity index (χ4n) is 2.02. The van der Waals surface area contributed by atoms with Crippen LogP contribution >= 0.6 is 11.6 Å². The first-order chi connectivity index (χ1) is 9.29. The Morgan fingerprint density at radius 3 is 2.45 bits per heavy atom. The number of nitrogen functional groups attached to an aromatic ring is 1. The Morgan fingerprint density at radius 1 is 1.10 bits per heavy atom. The van der Waals surface area contributed by atoms with Gasteiger partial charge in [-0.3, -0.25) is 0 Å². The van der Waals surface area contributed by atoms with Gasteiger partial charge in [-0.1, -0.05) is 29.8 Å². The van der Waals surface area contributed by atoms with Crippen LogP contribution in [0.25, 0.3) is 0 Å². The molecule has 0 aliphatic heterocycles. The largest absolute Gasteiger partial charge is 0.398 e. The molecular formula is C15H16ClNO2S. The molecule has 0 fully saturated rings. The van der Waals surface area contributed by atoms with Gasteiger partial charge in [0.1, 0.15) is 0 Å². The summed E-state index contributed by atoms with van der Waals surface area (Å²) in [6, 6.07) is 10.3. The van der Waals surface area contributed by atoms with Gasteiger partial charge in [0.25, 0.3) is 0 Å². The number of benzene rings is 2. The van der Waals surface area contributed by atoms with E-state index < -0.39 is 9.84 Å². The molecule has 0 atom stereocenters. The van der Waals surface area contributed by atoms with Gasteiger partial charge in [-0.25, -0.2) is 8.42 Å². The molecule has 0 heterocycles. The van der Waals surface area contributed by atoms with Crippen molar-refractivity contribution >= 4 is 27.1 Å². The van der Waals surface area contributed by atoms with Crippen molar-refractivity contribution in [3.8, 4) is 0 Å². The standard InChI is InChI=1S/C15H16ClNO2S/c1-10-3-4-11(2)15(7-10)20(18,19)9-12-5-6-13(16)14(17)8-12/h3-8H,9,17H2,1-2H3. The minimum Gasteiger partial charge on any atom is -0.398 e. The fourth-order valence-corrected chi connectivity index (χ4v) is 3.84. The molecule has 2 aromatic rings. The molecule has 0 amide bonds. The minimum atomic E-state index is -3.39. The number of anilines is 1. The van der Waals surface area contributed by atoms with Gasteiger partial charge in [0.05, 0.1) is 21.4 Å². The molecule has 2 N–H and O–H groups in total. The molecule has 0 aliphatic carbocycles. The molecule has 3 nitrogen and oxygen atoms in total.